The van der Waals surface area contributed by atoms with E-state index in [0.29, 0.717) is 44.2 Å². The summed E-state index contributed by atoms with van der Waals surface area (Å²) in [6, 6.07) is 6.17. The van der Waals surface area contributed by atoms with Crippen LogP contribution in [-0.2, 0) is 4.74 Å². The Hall–Kier alpha value is -2.97. The average Bonchev–Trinajstić information content (AvgIpc) is 2.70. The van der Waals surface area contributed by atoms with Crippen molar-refractivity contribution in [1.29, 1.82) is 0 Å². The number of ether oxygens (including phenoxy) is 1. The van der Waals surface area contributed by atoms with E-state index >= 15 is 0 Å². The Labute approximate surface area is 184 Å². The number of rotatable bonds is 6. The van der Waals surface area contributed by atoms with Crippen molar-refractivity contribution in [3.05, 3.63) is 29.8 Å². The van der Waals surface area contributed by atoms with Crippen molar-refractivity contribution >= 4 is 18.0 Å². The van der Waals surface area contributed by atoms with Crippen molar-refractivity contribution < 1.29 is 19.4 Å². The fraction of sp³-hybridized carbons (Fsp3) is 0.591. The molecule has 0 radical (unpaired) electrons. The zero-order chi connectivity index (χ0) is 22.9. The first kappa shape index (κ1) is 24.3. The van der Waals surface area contributed by atoms with Crippen LogP contribution in [0.2, 0.25) is 0 Å². The van der Waals surface area contributed by atoms with E-state index in [1.165, 1.54) is 12.1 Å². The second kappa shape index (κ2) is 11.4. The standard InChI is InChI=1S/C22H35N5O4/c1-5-23-20(25-13-12-24-19(29)16-8-10-18(28)11-9-16)26-17-7-6-14-27(15-17)21(30)31-22(2,3)4/h8-11,17,28H,5-7,12-15H2,1-4H3,(H,24,29)(H2,23,25,26). The number of hydrogen-bond donors (Lipinski definition) is 4. The van der Waals surface area contributed by atoms with E-state index < -0.39 is 5.60 Å². The second-order valence-electron chi connectivity index (χ2n) is 8.47. The largest absolute Gasteiger partial charge is 0.508 e. The van der Waals surface area contributed by atoms with Gasteiger partial charge in [-0.25, -0.2) is 4.79 Å². The third kappa shape index (κ3) is 8.74. The van der Waals surface area contributed by atoms with Crippen molar-refractivity contribution in [3.8, 4) is 5.75 Å². The molecule has 0 aromatic heterocycles. The van der Waals surface area contributed by atoms with Crippen LogP contribution in [0.3, 0.4) is 0 Å². The van der Waals surface area contributed by atoms with Gasteiger partial charge in [0.1, 0.15) is 11.4 Å². The Bertz CT molecular complexity index is 758. The van der Waals surface area contributed by atoms with E-state index in [9.17, 15) is 14.7 Å². The number of benzene rings is 1. The molecule has 1 unspecified atom stereocenters. The summed E-state index contributed by atoms with van der Waals surface area (Å²) in [6.45, 7) is 10.3. The van der Waals surface area contributed by atoms with Gasteiger partial charge >= 0.3 is 6.09 Å². The molecule has 9 heteroatoms. The number of guanidine groups is 1. The molecule has 1 fully saturated rings. The predicted molar refractivity (Wildman–Crippen MR) is 120 cm³/mol. The van der Waals surface area contributed by atoms with Gasteiger partial charge in [-0.2, -0.15) is 0 Å². The number of aliphatic imine (C=N–C) groups is 1. The average molecular weight is 434 g/mol. The molecular weight excluding hydrogens is 398 g/mol. The highest BCUT2D eigenvalue weighted by Gasteiger charge is 2.28. The maximum atomic E-state index is 12.4. The maximum Gasteiger partial charge on any atom is 0.410 e. The first-order valence-corrected chi connectivity index (χ1v) is 10.8. The van der Waals surface area contributed by atoms with Crippen molar-refractivity contribution in [2.24, 2.45) is 4.99 Å². The molecule has 1 atom stereocenters. The van der Waals surface area contributed by atoms with E-state index in [1.54, 1.807) is 17.0 Å². The lowest BCUT2D eigenvalue weighted by atomic mass is 10.1. The number of carbonyl (C=O) groups excluding carboxylic acids is 2. The van der Waals surface area contributed by atoms with Crippen LogP contribution in [0.1, 0.15) is 50.9 Å². The van der Waals surface area contributed by atoms with E-state index in [0.717, 1.165) is 12.8 Å². The number of phenolic OH excluding ortho intramolecular Hbond substituents is 1. The van der Waals surface area contributed by atoms with E-state index in [4.69, 9.17) is 4.74 Å². The number of piperidine rings is 1. The first-order valence-electron chi connectivity index (χ1n) is 10.8. The Morgan fingerprint density at radius 2 is 1.94 bits per heavy atom. The highest BCUT2D eigenvalue weighted by atomic mass is 16.6. The second-order valence-corrected chi connectivity index (χ2v) is 8.47. The number of nitrogens with zero attached hydrogens (tertiary/aromatic N) is 2. The number of nitrogens with one attached hydrogen (secondary N) is 3. The highest BCUT2D eigenvalue weighted by Crippen LogP contribution is 2.15. The summed E-state index contributed by atoms with van der Waals surface area (Å²) in [4.78, 5) is 30.7. The molecule has 1 aromatic rings. The predicted octanol–water partition coefficient (Wildman–Crippen LogP) is 2.08. The van der Waals surface area contributed by atoms with Crippen LogP contribution < -0.4 is 16.0 Å². The molecule has 2 amide bonds. The van der Waals surface area contributed by atoms with E-state index in [-0.39, 0.29) is 23.8 Å². The Morgan fingerprint density at radius 3 is 2.58 bits per heavy atom. The third-order valence-corrected chi connectivity index (χ3v) is 4.55. The molecule has 1 aliphatic rings. The minimum atomic E-state index is -0.515. The van der Waals surface area contributed by atoms with Crippen molar-refractivity contribution in [1.82, 2.24) is 20.9 Å². The molecule has 0 bridgehead atoms. The summed E-state index contributed by atoms with van der Waals surface area (Å²) in [5, 5.41) is 18.7. The van der Waals surface area contributed by atoms with E-state index in [2.05, 4.69) is 20.9 Å². The fourth-order valence-corrected chi connectivity index (χ4v) is 3.15. The SMILES string of the molecule is CCNC(=NCCNC(=O)c1ccc(O)cc1)NC1CCCN(C(=O)OC(C)(C)C)C1. The zero-order valence-corrected chi connectivity index (χ0v) is 18.9. The number of hydrogen-bond acceptors (Lipinski definition) is 5. The molecular formula is C22H35N5O4. The Kier molecular flexibility index (Phi) is 8.96. The smallest absolute Gasteiger partial charge is 0.410 e. The minimum Gasteiger partial charge on any atom is -0.508 e. The normalized spacial score (nSPS) is 17.1. The molecule has 31 heavy (non-hydrogen) atoms. The van der Waals surface area contributed by atoms with Gasteiger partial charge < -0.3 is 30.7 Å². The van der Waals surface area contributed by atoms with Gasteiger partial charge in [-0.3, -0.25) is 9.79 Å². The first-order chi connectivity index (χ1) is 14.7. The van der Waals surface area contributed by atoms with Gasteiger partial charge in [0.2, 0.25) is 0 Å². The molecule has 4 N–H and O–H groups in total. The molecule has 172 valence electrons. The lowest BCUT2D eigenvalue weighted by Crippen LogP contribution is -2.53. The van der Waals surface area contributed by atoms with Crippen molar-refractivity contribution in [3.63, 3.8) is 0 Å². The summed E-state index contributed by atoms with van der Waals surface area (Å²) >= 11 is 0. The molecule has 9 nitrogen and oxygen atoms in total. The van der Waals surface area contributed by atoms with Gasteiger partial charge in [0.25, 0.3) is 5.91 Å². The van der Waals surface area contributed by atoms with Gasteiger partial charge in [0.05, 0.1) is 6.54 Å². The monoisotopic (exact) mass is 433 g/mol. The molecule has 1 aliphatic heterocycles. The van der Waals surface area contributed by atoms with Crippen molar-refractivity contribution in [2.75, 3.05) is 32.7 Å². The summed E-state index contributed by atoms with van der Waals surface area (Å²) < 4.78 is 5.48. The van der Waals surface area contributed by atoms with Gasteiger partial charge in [-0.15, -0.1) is 0 Å². The summed E-state index contributed by atoms with van der Waals surface area (Å²) in [6.07, 6.45) is 1.53. The van der Waals surface area contributed by atoms with Crippen LogP contribution >= 0.6 is 0 Å². The Balaban J connectivity index is 1.83. The number of phenols is 1. The lowest BCUT2D eigenvalue weighted by Gasteiger charge is -2.35. The lowest BCUT2D eigenvalue weighted by molar-refractivity contribution is 0.0193. The van der Waals surface area contributed by atoms with Gasteiger partial charge in [-0.05, 0) is 64.8 Å². The fourth-order valence-electron chi connectivity index (χ4n) is 3.15. The van der Waals surface area contributed by atoms with Gasteiger partial charge in [0.15, 0.2) is 5.96 Å². The number of amides is 2. The van der Waals surface area contributed by atoms with Gasteiger partial charge in [-0.1, -0.05) is 0 Å². The van der Waals surface area contributed by atoms with E-state index in [1.807, 2.05) is 27.7 Å². The maximum absolute atomic E-state index is 12.4. The number of aromatic hydroxyl groups is 1. The number of likely N-dealkylation sites (tertiary alicyclic amines) is 1. The van der Waals surface area contributed by atoms with Crippen LogP contribution in [0.15, 0.2) is 29.3 Å². The zero-order valence-electron chi connectivity index (χ0n) is 18.9. The topological polar surface area (TPSA) is 115 Å². The van der Waals surface area contributed by atoms with Crippen LogP contribution in [0.5, 0.6) is 5.75 Å². The molecule has 0 saturated carbocycles. The minimum absolute atomic E-state index is 0.0747. The van der Waals surface area contributed by atoms with Crippen LogP contribution in [-0.4, -0.2) is 72.3 Å². The summed E-state index contributed by atoms with van der Waals surface area (Å²) in [5.41, 5.74) is -0.0328. The quantitative estimate of drug-likeness (QED) is 0.310. The van der Waals surface area contributed by atoms with Crippen LogP contribution in [0.25, 0.3) is 0 Å². The number of carbonyl (C=O) groups is 2. The molecule has 1 saturated heterocycles. The van der Waals surface area contributed by atoms with Crippen molar-refractivity contribution in [2.45, 2.75) is 52.2 Å². The molecule has 2 rings (SSSR count). The summed E-state index contributed by atoms with van der Waals surface area (Å²) in [5.74, 6) is 0.557. The van der Waals surface area contributed by atoms with Crippen LogP contribution in [0, 0.1) is 0 Å². The molecule has 1 heterocycles. The van der Waals surface area contributed by atoms with Gasteiger partial charge in [0, 0.05) is 37.8 Å². The molecule has 0 aliphatic carbocycles. The molecule has 0 spiro atoms. The third-order valence-electron chi connectivity index (χ3n) is 4.55. The summed E-state index contributed by atoms with van der Waals surface area (Å²) in [7, 11) is 0. The molecule has 1 aromatic carbocycles. The highest BCUT2D eigenvalue weighted by molar-refractivity contribution is 5.94. The Morgan fingerprint density at radius 1 is 1.23 bits per heavy atom. The van der Waals surface area contributed by atoms with Crippen LogP contribution in [0.4, 0.5) is 4.79 Å².